The van der Waals surface area contributed by atoms with Crippen LogP contribution in [0.4, 0.5) is 0 Å². The molecule has 0 amide bonds. The zero-order valence-corrected chi connectivity index (χ0v) is 13.6. The Morgan fingerprint density at radius 3 is 2.62 bits per heavy atom. The van der Waals surface area contributed by atoms with Gasteiger partial charge in [-0.3, -0.25) is 4.79 Å². The van der Waals surface area contributed by atoms with Crippen molar-refractivity contribution in [1.82, 2.24) is 0 Å². The Morgan fingerprint density at radius 2 is 1.81 bits per heavy atom. The van der Waals surface area contributed by atoms with Crippen molar-refractivity contribution in [2.24, 2.45) is 35.0 Å². The number of carbonyl (C=O) groups excluding carboxylic acids is 1. The second-order valence-electron chi connectivity index (χ2n) is 9.10. The highest BCUT2D eigenvalue weighted by atomic mass is 16.3. The normalized spacial score (nSPS) is 56.5. The summed E-state index contributed by atoms with van der Waals surface area (Å²) in [5, 5.41) is 10.5. The molecule has 0 radical (unpaired) electrons. The van der Waals surface area contributed by atoms with E-state index in [1.54, 1.807) is 0 Å². The molecule has 2 heteroatoms. The van der Waals surface area contributed by atoms with E-state index in [0.717, 1.165) is 37.5 Å². The molecule has 21 heavy (non-hydrogen) atoms. The molecule has 0 aromatic rings. The summed E-state index contributed by atoms with van der Waals surface area (Å²) in [6.07, 6.45) is 10.2. The predicted molar refractivity (Wildman–Crippen MR) is 82.7 cm³/mol. The van der Waals surface area contributed by atoms with Crippen molar-refractivity contribution in [2.45, 2.75) is 77.2 Å². The molecule has 4 rings (SSSR count). The van der Waals surface area contributed by atoms with E-state index in [1.807, 2.05) is 6.92 Å². The third-order valence-electron chi connectivity index (χ3n) is 8.03. The summed E-state index contributed by atoms with van der Waals surface area (Å²) in [7, 11) is 0. The van der Waals surface area contributed by atoms with Gasteiger partial charge in [-0.1, -0.05) is 6.92 Å². The Hall–Kier alpha value is -0.370. The topological polar surface area (TPSA) is 37.3 Å². The molecule has 0 heterocycles. The van der Waals surface area contributed by atoms with E-state index < -0.39 is 5.60 Å². The molecule has 0 aromatic heterocycles. The van der Waals surface area contributed by atoms with Crippen molar-refractivity contribution in [3.63, 3.8) is 0 Å². The van der Waals surface area contributed by atoms with Gasteiger partial charge in [0.05, 0.1) is 5.60 Å². The van der Waals surface area contributed by atoms with E-state index in [-0.39, 0.29) is 0 Å². The summed E-state index contributed by atoms with van der Waals surface area (Å²) >= 11 is 0. The lowest BCUT2D eigenvalue weighted by atomic mass is 9.46. The van der Waals surface area contributed by atoms with Crippen LogP contribution in [0, 0.1) is 35.0 Å². The van der Waals surface area contributed by atoms with Crippen LogP contribution in [0.5, 0.6) is 0 Å². The van der Waals surface area contributed by atoms with Gasteiger partial charge in [0, 0.05) is 12.3 Å². The van der Waals surface area contributed by atoms with Crippen LogP contribution in [0.25, 0.3) is 0 Å². The van der Waals surface area contributed by atoms with Gasteiger partial charge in [-0.25, -0.2) is 0 Å². The van der Waals surface area contributed by atoms with Gasteiger partial charge in [0.25, 0.3) is 0 Å². The number of hydrogen-bond acceptors (Lipinski definition) is 2. The minimum absolute atomic E-state index is 0.415. The fourth-order valence-electron chi connectivity index (χ4n) is 6.85. The number of hydrogen-bond donors (Lipinski definition) is 1. The molecule has 0 bridgehead atoms. The first-order valence-corrected chi connectivity index (χ1v) is 9.16. The molecule has 0 saturated heterocycles. The van der Waals surface area contributed by atoms with Gasteiger partial charge >= 0.3 is 0 Å². The highest BCUT2D eigenvalue weighted by Gasteiger charge is 2.57. The molecule has 0 aliphatic heterocycles. The zero-order chi connectivity index (χ0) is 14.8. The number of aliphatic hydroxyl groups is 1. The van der Waals surface area contributed by atoms with E-state index in [1.165, 1.54) is 32.1 Å². The fraction of sp³-hybridized carbons (Fsp3) is 0.947. The summed E-state index contributed by atoms with van der Waals surface area (Å²) in [4.78, 5) is 12.1. The van der Waals surface area contributed by atoms with Crippen LogP contribution in [0.3, 0.4) is 0 Å². The maximum atomic E-state index is 12.1. The van der Waals surface area contributed by atoms with Gasteiger partial charge in [-0.2, -0.15) is 0 Å². The van der Waals surface area contributed by atoms with Crippen LogP contribution in [0.1, 0.15) is 71.6 Å². The Morgan fingerprint density at radius 1 is 1.00 bits per heavy atom. The van der Waals surface area contributed by atoms with Gasteiger partial charge in [-0.15, -0.1) is 0 Å². The van der Waals surface area contributed by atoms with Gasteiger partial charge in [-0.05, 0) is 87.4 Å². The molecule has 4 aliphatic carbocycles. The Labute approximate surface area is 128 Å². The average Bonchev–Trinajstić information content (AvgIpc) is 2.81. The van der Waals surface area contributed by atoms with E-state index in [2.05, 4.69) is 6.92 Å². The Bertz CT molecular complexity index is 454. The lowest BCUT2D eigenvalue weighted by Gasteiger charge is -2.59. The minimum atomic E-state index is -0.433. The first kappa shape index (κ1) is 14.2. The zero-order valence-electron chi connectivity index (χ0n) is 13.6. The number of carbonyl (C=O) groups is 1. The summed E-state index contributed by atoms with van der Waals surface area (Å²) in [6.45, 7) is 4.55. The fourth-order valence-corrected chi connectivity index (χ4v) is 6.85. The lowest BCUT2D eigenvalue weighted by molar-refractivity contribution is -0.139. The smallest absolute Gasteiger partial charge is 0.136 e. The molecule has 2 nitrogen and oxygen atoms in total. The summed E-state index contributed by atoms with van der Waals surface area (Å²) < 4.78 is 0. The van der Waals surface area contributed by atoms with Crippen molar-refractivity contribution < 1.29 is 9.90 Å². The van der Waals surface area contributed by atoms with E-state index in [4.69, 9.17) is 0 Å². The Balaban J connectivity index is 1.60. The van der Waals surface area contributed by atoms with Crippen LogP contribution >= 0.6 is 0 Å². The first-order valence-electron chi connectivity index (χ1n) is 9.16. The maximum absolute atomic E-state index is 12.1. The summed E-state index contributed by atoms with van der Waals surface area (Å²) in [5.74, 6) is 4.02. The van der Waals surface area contributed by atoms with Crippen LogP contribution in [-0.4, -0.2) is 16.5 Å². The van der Waals surface area contributed by atoms with E-state index >= 15 is 0 Å². The van der Waals surface area contributed by atoms with Crippen molar-refractivity contribution in [3.8, 4) is 0 Å². The maximum Gasteiger partial charge on any atom is 0.136 e. The van der Waals surface area contributed by atoms with Crippen molar-refractivity contribution in [2.75, 3.05) is 0 Å². The van der Waals surface area contributed by atoms with Gasteiger partial charge in [0.15, 0.2) is 0 Å². The first-order chi connectivity index (χ1) is 9.91. The van der Waals surface area contributed by atoms with Gasteiger partial charge in [0.2, 0.25) is 0 Å². The lowest BCUT2D eigenvalue weighted by Crippen LogP contribution is -2.53. The van der Waals surface area contributed by atoms with Crippen molar-refractivity contribution in [1.29, 1.82) is 0 Å². The quantitative estimate of drug-likeness (QED) is 0.733. The molecule has 0 spiro atoms. The minimum Gasteiger partial charge on any atom is -0.390 e. The number of Topliss-reactive ketones (excluding diaryl/α,β-unsaturated/α-hetero) is 1. The predicted octanol–water partition coefficient (Wildman–Crippen LogP) is 3.96. The molecule has 4 aliphatic rings. The third kappa shape index (κ3) is 2.04. The molecule has 7 atom stereocenters. The second-order valence-corrected chi connectivity index (χ2v) is 9.10. The molecule has 118 valence electrons. The highest BCUT2D eigenvalue weighted by molar-refractivity contribution is 5.83. The molecule has 1 N–H and O–H groups in total. The largest absolute Gasteiger partial charge is 0.390 e. The summed E-state index contributed by atoms with van der Waals surface area (Å²) in [5.41, 5.74) is -0.000690. The van der Waals surface area contributed by atoms with Crippen LogP contribution in [0.15, 0.2) is 0 Å². The van der Waals surface area contributed by atoms with Gasteiger partial charge in [0.1, 0.15) is 5.78 Å². The molecular weight excluding hydrogens is 260 g/mol. The average molecular weight is 290 g/mol. The molecule has 0 aromatic carbocycles. The summed E-state index contributed by atoms with van der Waals surface area (Å²) in [6, 6.07) is 0. The van der Waals surface area contributed by atoms with E-state index in [0.29, 0.717) is 29.0 Å². The SMILES string of the molecule is C[C@]1(O)CC[C@@]2(C)C3CCC4C(=O)CCC4C3CC[C@H]2C1. The van der Waals surface area contributed by atoms with Crippen molar-refractivity contribution >= 4 is 5.78 Å². The van der Waals surface area contributed by atoms with Gasteiger partial charge < -0.3 is 5.11 Å². The van der Waals surface area contributed by atoms with Crippen LogP contribution < -0.4 is 0 Å². The molecular formula is C19H30O2. The van der Waals surface area contributed by atoms with Crippen LogP contribution in [-0.2, 0) is 4.79 Å². The monoisotopic (exact) mass is 290 g/mol. The number of fused-ring (bicyclic) bond motifs is 5. The third-order valence-corrected chi connectivity index (χ3v) is 8.03. The molecule has 4 fully saturated rings. The van der Waals surface area contributed by atoms with E-state index in [9.17, 15) is 9.90 Å². The molecule has 4 saturated carbocycles. The molecule has 4 unspecified atom stereocenters. The van der Waals surface area contributed by atoms with Crippen molar-refractivity contribution in [3.05, 3.63) is 0 Å². The van der Waals surface area contributed by atoms with Crippen LogP contribution in [0.2, 0.25) is 0 Å². The number of rotatable bonds is 0. The standard InChI is InChI=1S/C19H30O2/c1-18(21)9-10-19(2)12(11-18)3-4-14-13-6-8-17(20)15(13)5-7-16(14)19/h12-16,21H,3-11H2,1-2H3/t12-,13?,14?,15?,16?,18-,19+/m0/s1. The Kier molecular flexibility index (Phi) is 3.10. The second kappa shape index (κ2) is 4.57. The highest BCUT2D eigenvalue weighted by Crippen LogP contribution is 2.63. The number of ketones is 1.